The molecule has 6 nitrogen and oxygen atoms in total. The number of fused-ring (bicyclic) bond motifs is 1. The van der Waals surface area contributed by atoms with Crippen LogP contribution in [0.3, 0.4) is 0 Å². The van der Waals surface area contributed by atoms with Crippen molar-refractivity contribution < 1.29 is 4.79 Å². The molecule has 33 heavy (non-hydrogen) atoms. The van der Waals surface area contributed by atoms with Crippen molar-refractivity contribution >= 4 is 5.91 Å². The lowest BCUT2D eigenvalue weighted by Crippen LogP contribution is -2.26. The van der Waals surface area contributed by atoms with E-state index in [1.54, 1.807) is 6.07 Å². The molecular weight excluding hydrogens is 410 g/mol. The molecule has 0 radical (unpaired) electrons. The van der Waals surface area contributed by atoms with E-state index in [2.05, 4.69) is 22.3 Å². The van der Waals surface area contributed by atoms with Crippen LogP contribution in [0.15, 0.2) is 42.7 Å². The average molecular weight is 438 g/mol. The molecule has 2 aliphatic carbocycles. The first kappa shape index (κ1) is 20.2. The van der Waals surface area contributed by atoms with Crippen LogP contribution >= 0.6 is 0 Å². The summed E-state index contributed by atoms with van der Waals surface area (Å²) in [6, 6.07) is 11.9. The Morgan fingerprint density at radius 1 is 0.970 bits per heavy atom. The summed E-state index contributed by atoms with van der Waals surface area (Å²) in [6.07, 6.45) is 11.6. The number of hydrogen-bond acceptors (Lipinski definition) is 4. The van der Waals surface area contributed by atoms with Crippen molar-refractivity contribution in [1.29, 1.82) is 5.26 Å². The van der Waals surface area contributed by atoms with E-state index in [4.69, 9.17) is 0 Å². The molecule has 0 bridgehead atoms. The SMILES string of the molecule is N#Cc1ccc(-c2cnn(CC3CCCC3)c2)c(-c2ccc3c(c2)C(=O)N(CC2CC2)C3)n1. The molecule has 3 aliphatic rings. The number of nitriles is 1. The lowest BCUT2D eigenvalue weighted by molar-refractivity contribution is 0.0771. The highest BCUT2D eigenvalue weighted by molar-refractivity contribution is 6.00. The second-order valence-corrected chi connectivity index (χ2v) is 9.81. The van der Waals surface area contributed by atoms with Crippen LogP contribution in [-0.2, 0) is 13.1 Å². The van der Waals surface area contributed by atoms with Gasteiger partial charge in [0.25, 0.3) is 5.91 Å². The quantitative estimate of drug-likeness (QED) is 0.541. The van der Waals surface area contributed by atoms with E-state index in [9.17, 15) is 10.1 Å². The Bertz CT molecular complexity index is 1260. The van der Waals surface area contributed by atoms with E-state index in [0.717, 1.165) is 46.6 Å². The second-order valence-electron chi connectivity index (χ2n) is 9.81. The third-order valence-electron chi connectivity index (χ3n) is 7.31. The Morgan fingerprint density at radius 2 is 1.79 bits per heavy atom. The molecule has 166 valence electrons. The fourth-order valence-corrected chi connectivity index (χ4v) is 5.30. The summed E-state index contributed by atoms with van der Waals surface area (Å²) in [4.78, 5) is 19.7. The van der Waals surface area contributed by atoms with Crippen molar-refractivity contribution in [3.8, 4) is 28.5 Å². The van der Waals surface area contributed by atoms with Gasteiger partial charge in [-0.3, -0.25) is 9.48 Å². The van der Waals surface area contributed by atoms with E-state index < -0.39 is 0 Å². The molecule has 2 fully saturated rings. The van der Waals surface area contributed by atoms with Crippen LogP contribution < -0.4 is 0 Å². The maximum Gasteiger partial charge on any atom is 0.254 e. The molecule has 1 aliphatic heterocycles. The van der Waals surface area contributed by atoms with Crippen LogP contribution in [0.2, 0.25) is 0 Å². The molecule has 0 unspecified atom stereocenters. The van der Waals surface area contributed by atoms with Crippen molar-refractivity contribution in [1.82, 2.24) is 19.7 Å². The molecule has 0 N–H and O–H groups in total. The van der Waals surface area contributed by atoms with Crippen molar-refractivity contribution in [2.75, 3.05) is 6.54 Å². The van der Waals surface area contributed by atoms with Crippen LogP contribution in [0.1, 0.15) is 60.1 Å². The van der Waals surface area contributed by atoms with Crippen molar-refractivity contribution in [2.45, 2.75) is 51.6 Å². The summed E-state index contributed by atoms with van der Waals surface area (Å²) >= 11 is 0. The second kappa shape index (κ2) is 8.15. The summed E-state index contributed by atoms with van der Waals surface area (Å²) in [6.45, 7) is 2.50. The van der Waals surface area contributed by atoms with Gasteiger partial charge in [0.05, 0.1) is 11.9 Å². The summed E-state index contributed by atoms with van der Waals surface area (Å²) in [5, 5.41) is 14.1. The van der Waals surface area contributed by atoms with Crippen LogP contribution in [0.5, 0.6) is 0 Å². The van der Waals surface area contributed by atoms with E-state index in [1.807, 2.05) is 40.0 Å². The van der Waals surface area contributed by atoms with Crippen molar-refractivity contribution in [3.05, 3.63) is 59.5 Å². The van der Waals surface area contributed by atoms with Crippen molar-refractivity contribution in [2.24, 2.45) is 11.8 Å². The Kier molecular flexibility index (Phi) is 4.98. The van der Waals surface area contributed by atoms with Gasteiger partial charge in [-0.05, 0) is 61.3 Å². The highest BCUT2D eigenvalue weighted by atomic mass is 16.2. The Balaban J connectivity index is 1.34. The van der Waals surface area contributed by atoms with Gasteiger partial charge < -0.3 is 4.90 Å². The van der Waals surface area contributed by atoms with Gasteiger partial charge in [-0.2, -0.15) is 10.4 Å². The van der Waals surface area contributed by atoms with E-state index >= 15 is 0 Å². The zero-order valence-electron chi connectivity index (χ0n) is 18.7. The number of amides is 1. The molecule has 1 amide bonds. The number of carbonyl (C=O) groups is 1. The summed E-state index contributed by atoms with van der Waals surface area (Å²) < 4.78 is 2.04. The molecule has 2 aromatic heterocycles. The average Bonchev–Trinajstić information content (AvgIpc) is 3.20. The monoisotopic (exact) mass is 437 g/mol. The van der Waals surface area contributed by atoms with Crippen LogP contribution in [0.25, 0.3) is 22.4 Å². The molecule has 2 saturated carbocycles. The normalized spacial score (nSPS) is 18.0. The van der Waals surface area contributed by atoms with Gasteiger partial charge in [-0.1, -0.05) is 25.0 Å². The van der Waals surface area contributed by atoms with Crippen LogP contribution in [-0.4, -0.2) is 32.1 Å². The topological polar surface area (TPSA) is 74.8 Å². The molecule has 0 saturated heterocycles. The number of benzene rings is 1. The van der Waals surface area contributed by atoms with E-state index in [0.29, 0.717) is 24.1 Å². The third-order valence-corrected chi connectivity index (χ3v) is 7.31. The minimum Gasteiger partial charge on any atom is -0.334 e. The molecule has 0 spiro atoms. The minimum atomic E-state index is 0.112. The van der Waals surface area contributed by atoms with Gasteiger partial charge in [0, 0.05) is 48.1 Å². The molecule has 3 heterocycles. The minimum absolute atomic E-state index is 0.112. The molecule has 6 heteroatoms. The zero-order chi connectivity index (χ0) is 22.4. The van der Waals surface area contributed by atoms with Gasteiger partial charge in [0.2, 0.25) is 0 Å². The molecule has 6 rings (SSSR count). The van der Waals surface area contributed by atoms with Gasteiger partial charge in [0.15, 0.2) is 0 Å². The summed E-state index contributed by atoms with van der Waals surface area (Å²) in [7, 11) is 0. The number of hydrogen-bond donors (Lipinski definition) is 0. The standard InChI is InChI=1S/C27H27N5O/c28-12-23-9-10-24(22-13-29-32(17-22)15-18-3-1-2-4-18)26(30-23)20-7-8-21-16-31(14-19-5-6-19)27(33)25(21)11-20/h7-11,13,17-19H,1-6,14-16H2. The van der Waals surface area contributed by atoms with Crippen LogP contribution in [0, 0.1) is 23.2 Å². The first-order chi connectivity index (χ1) is 16.2. The Labute approximate surface area is 193 Å². The molecular formula is C27H27N5O. The zero-order valence-corrected chi connectivity index (χ0v) is 18.7. The van der Waals surface area contributed by atoms with Gasteiger partial charge in [-0.25, -0.2) is 4.98 Å². The molecule has 0 atom stereocenters. The fourth-order valence-electron chi connectivity index (χ4n) is 5.30. The number of rotatable bonds is 6. The smallest absolute Gasteiger partial charge is 0.254 e. The summed E-state index contributed by atoms with van der Waals surface area (Å²) in [5.74, 6) is 1.49. The van der Waals surface area contributed by atoms with Gasteiger partial charge in [0.1, 0.15) is 11.8 Å². The molecule has 1 aromatic carbocycles. The number of nitrogens with zero attached hydrogens (tertiary/aromatic N) is 5. The number of aromatic nitrogens is 3. The first-order valence-electron chi connectivity index (χ1n) is 12.0. The fraction of sp³-hybridized carbons (Fsp3) is 0.407. The lowest BCUT2D eigenvalue weighted by Gasteiger charge is -2.14. The number of carbonyl (C=O) groups excluding carboxylic acids is 1. The Morgan fingerprint density at radius 3 is 2.58 bits per heavy atom. The van der Waals surface area contributed by atoms with Crippen molar-refractivity contribution in [3.63, 3.8) is 0 Å². The highest BCUT2D eigenvalue weighted by Gasteiger charge is 2.33. The van der Waals surface area contributed by atoms with Crippen LogP contribution in [0.4, 0.5) is 0 Å². The number of pyridine rings is 1. The maximum atomic E-state index is 13.0. The van der Waals surface area contributed by atoms with Gasteiger partial charge in [-0.15, -0.1) is 0 Å². The predicted molar refractivity (Wildman–Crippen MR) is 125 cm³/mol. The molecule has 3 aromatic rings. The first-order valence-corrected chi connectivity index (χ1v) is 12.0. The summed E-state index contributed by atoms with van der Waals surface area (Å²) in [5.41, 5.74) is 5.73. The lowest BCUT2D eigenvalue weighted by atomic mass is 9.98. The van der Waals surface area contributed by atoms with E-state index in [1.165, 1.54) is 38.5 Å². The highest BCUT2D eigenvalue weighted by Crippen LogP contribution is 2.36. The predicted octanol–water partition coefficient (Wildman–Crippen LogP) is 5.04. The Hall–Kier alpha value is -3.46. The largest absolute Gasteiger partial charge is 0.334 e. The third kappa shape index (κ3) is 3.93. The van der Waals surface area contributed by atoms with Gasteiger partial charge >= 0.3 is 0 Å². The van der Waals surface area contributed by atoms with E-state index in [-0.39, 0.29) is 5.91 Å². The maximum absolute atomic E-state index is 13.0.